The second-order valence-electron chi connectivity index (χ2n) is 9.37. The first-order chi connectivity index (χ1) is 15.5. The summed E-state index contributed by atoms with van der Waals surface area (Å²) in [7, 11) is -4.14. The monoisotopic (exact) mass is 460 g/mol. The van der Waals surface area contributed by atoms with Crippen molar-refractivity contribution in [3.63, 3.8) is 0 Å². The average Bonchev–Trinajstić information content (AvgIpc) is 2.77. The molecule has 0 radical (unpaired) electrons. The third-order valence-corrected chi connectivity index (χ3v) is 7.34. The fraction of sp³-hybridized carbons (Fsp3) is 0.643. The lowest BCUT2D eigenvalue weighted by atomic mass is 10.0. The largest absolute Gasteiger partial charge is 0.294 e. The first-order valence-electron chi connectivity index (χ1n) is 13.0. The van der Waals surface area contributed by atoms with E-state index in [0.29, 0.717) is 0 Å². The van der Waals surface area contributed by atoms with E-state index in [-0.39, 0.29) is 4.90 Å². The molecule has 0 bridgehead atoms. The Hall–Kier alpha value is -1.39. The van der Waals surface area contributed by atoms with Crippen LogP contribution in [0.3, 0.4) is 0 Å². The summed E-state index contributed by atoms with van der Waals surface area (Å²) in [4.78, 5) is -0.0458. The molecule has 0 saturated carbocycles. The molecule has 32 heavy (non-hydrogen) atoms. The van der Waals surface area contributed by atoms with E-state index in [1.807, 2.05) is 6.07 Å². The van der Waals surface area contributed by atoms with Gasteiger partial charge in [-0.15, -0.1) is 0 Å². The molecule has 0 unspecified atom stereocenters. The normalized spacial score (nSPS) is 11.9. The van der Waals surface area contributed by atoms with Gasteiger partial charge in [-0.25, -0.2) is 0 Å². The first-order valence-corrected chi connectivity index (χ1v) is 14.4. The number of unbranched alkanes of at least 4 members (excludes halogenated alkanes) is 15. The molecule has 2 rings (SSSR count). The van der Waals surface area contributed by atoms with Crippen LogP contribution in [-0.4, -0.2) is 13.0 Å². The number of rotatable bonds is 18. The van der Waals surface area contributed by atoms with Gasteiger partial charge in [0.1, 0.15) is 0 Å². The molecule has 0 heterocycles. The molecule has 0 spiro atoms. The maximum Gasteiger partial charge on any atom is 0.294 e. The molecule has 0 aliphatic rings. The molecule has 0 aliphatic heterocycles. The lowest BCUT2D eigenvalue weighted by Crippen LogP contribution is -1.97. The summed E-state index contributed by atoms with van der Waals surface area (Å²) in [6.45, 7) is 2.28. The van der Waals surface area contributed by atoms with Crippen molar-refractivity contribution in [2.75, 3.05) is 0 Å². The smallest absolute Gasteiger partial charge is 0.282 e. The summed E-state index contributed by atoms with van der Waals surface area (Å²) in [5.74, 6) is 0. The van der Waals surface area contributed by atoms with Crippen LogP contribution in [0.5, 0.6) is 0 Å². The Bertz CT molecular complexity index is 873. The van der Waals surface area contributed by atoms with Crippen molar-refractivity contribution in [1.82, 2.24) is 0 Å². The molecular formula is C28H44O3S. The highest BCUT2D eigenvalue weighted by atomic mass is 32.2. The van der Waals surface area contributed by atoms with E-state index < -0.39 is 10.1 Å². The maximum absolute atomic E-state index is 11.3. The predicted molar refractivity (Wildman–Crippen MR) is 137 cm³/mol. The van der Waals surface area contributed by atoms with Crippen molar-refractivity contribution in [3.05, 3.63) is 42.0 Å². The van der Waals surface area contributed by atoms with E-state index in [4.69, 9.17) is 0 Å². The lowest BCUT2D eigenvalue weighted by Gasteiger charge is -2.06. The minimum Gasteiger partial charge on any atom is -0.282 e. The van der Waals surface area contributed by atoms with Gasteiger partial charge in [-0.3, -0.25) is 4.55 Å². The van der Waals surface area contributed by atoms with Crippen LogP contribution in [-0.2, 0) is 16.5 Å². The SMILES string of the molecule is CCCCCCCCCCCCCCCCCCc1ccc2cc(S(=O)(=O)O)ccc2c1. The lowest BCUT2D eigenvalue weighted by molar-refractivity contribution is 0.483. The molecule has 4 heteroatoms. The van der Waals surface area contributed by atoms with Gasteiger partial charge in [-0.2, -0.15) is 8.42 Å². The van der Waals surface area contributed by atoms with Gasteiger partial charge < -0.3 is 0 Å². The highest BCUT2D eigenvalue weighted by Crippen LogP contribution is 2.22. The molecule has 0 aliphatic carbocycles. The van der Waals surface area contributed by atoms with E-state index in [2.05, 4.69) is 19.1 Å². The highest BCUT2D eigenvalue weighted by Gasteiger charge is 2.09. The van der Waals surface area contributed by atoms with Gasteiger partial charge in [0, 0.05) is 0 Å². The minimum absolute atomic E-state index is 0.0458. The number of fused-ring (bicyclic) bond motifs is 1. The van der Waals surface area contributed by atoms with Crippen molar-refractivity contribution < 1.29 is 13.0 Å². The van der Waals surface area contributed by atoms with Crippen LogP contribution >= 0.6 is 0 Å². The second kappa shape index (κ2) is 15.4. The van der Waals surface area contributed by atoms with Gasteiger partial charge in [0.2, 0.25) is 0 Å². The number of aryl methyl sites for hydroxylation is 1. The van der Waals surface area contributed by atoms with E-state index in [1.165, 1.54) is 120 Å². The van der Waals surface area contributed by atoms with Gasteiger partial charge >= 0.3 is 0 Å². The Morgan fingerprint density at radius 2 is 1.03 bits per heavy atom. The molecule has 3 nitrogen and oxygen atoms in total. The Labute approximate surface area is 196 Å². The molecule has 1 N–H and O–H groups in total. The van der Waals surface area contributed by atoms with Crippen molar-refractivity contribution >= 4 is 20.9 Å². The van der Waals surface area contributed by atoms with E-state index in [9.17, 15) is 13.0 Å². The highest BCUT2D eigenvalue weighted by molar-refractivity contribution is 7.85. The minimum atomic E-state index is -4.14. The summed E-state index contributed by atoms with van der Waals surface area (Å²) in [6, 6.07) is 10.9. The van der Waals surface area contributed by atoms with Gasteiger partial charge in [0.15, 0.2) is 0 Å². The van der Waals surface area contributed by atoms with Gasteiger partial charge in [-0.1, -0.05) is 128 Å². The van der Waals surface area contributed by atoms with Gasteiger partial charge in [0.25, 0.3) is 10.1 Å². The molecule has 0 amide bonds. The zero-order valence-electron chi connectivity index (χ0n) is 20.2. The Morgan fingerprint density at radius 3 is 1.53 bits per heavy atom. The number of hydrogen-bond donors (Lipinski definition) is 1. The van der Waals surface area contributed by atoms with Crippen LogP contribution in [0.15, 0.2) is 41.3 Å². The third-order valence-electron chi connectivity index (χ3n) is 6.49. The van der Waals surface area contributed by atoms with E-state index >= 15 is 0 Å². The summed E-state index contributed by atoms with van der Waals surface area (Å²) in [5, 5.41) is 1.86. The van der Waals surface area contributed by atoms with Gasteiger partial charge in [-0.05, 0) is 41.3 Å². The summed E-state index contributed by atoms with van der Waals surface area (Å²) < 4.78 is 31.7. The van der Waals surface area contributed by atoms with Crippen molar-refractivity contribution in [3.8, 4) is 0 Å². The molecule has 180 valence electrons. The van der Waals surface area contributed by atoms with Crippen LogP contribution < -0.4 is 0 Å². The second-order valence-corrected chi connectivity index (χ2v) is 10.8. The Morgan fingerprint density at radius 1 is 0.594 bits per heavy atom. The third kappa shape index (κ3) is 11.0. The quantitative estimate of drug-likeness (QED) is 0.178. The Kier molecular flexibility index (Phi) is 13.0. The van der Waals surface area contributed by atoms with Crippen molar-refractivity contribution in [2.24, 2.45) is 0 Å². The predicted octanol–water partition coefficient (Wildman–Crippen LogP) is 8.89. The van der Waals surface area contributed by atoms with Crippen LogP contribution in [0.2, 0.25) is 0 Å². The van der Waals surface area contributed by atoms with E-state index in [1.54, 1.807) is 6.07 Å². The fourth-order valence-corrected chi connectivity index (χ4v) is 4.98. The van der Waals surface area contributed by atoms with Crippen LogP contribution in [0.4, 0.5) is 0 Å². The summed E-state index contributed by atoms with van der Waals surface area (Å²) in [6.07, 6.45) is 23.2. The number of hydrogen-bond acceptors (Lipinski definition) is 2. The van der Waals surface area contributed by atoms with Crippen LogP contribution in [0.25, 0.3) is 10.8 Å². The standard InChI is InChI=1S/C28H44O3S/c1-2-3-4-5-6-7-8-9-10-11-12-13-14-15-16-17-18-25-19-20-27-24-28(32(29,30)31)22-21-26(27)23-25/h19-24H,2-18H2,1H3,(H,29,30,31). The molecule has 0 atom stereocenters. The zero-order valence-corrected chi connectivity index (χ0v) is 21.0. The number of benzene rings is 2. The topological polar surface area (TPSA) is 54.4 Å². The van der Waals surface area contributed by atoms with Gasteiger partial charge in [0.05, 0.1) is 4.90 Å². The van der Waals surface area contributed by atoms with E-state index in [0.717, 1.165) is 17.2 Å². The maximum atomic E-state index is 11.3. The summed E-state index contributed by atoms with van der Waals surface area (Å²) >= 11 is 0. The fourth-order valence-electron chi connectivity index (χ4n) is 4.47. The molecule has 2 aromatic carbocycles. The molecule has 2 aromatic rings. The van der Waals surface area contributed by atoms with Crippen LogP contribution in [0.1, 0.15) is 115 Å². The summed E-state index contributed by atoms with van der Waals surface area (Å²) in [5.41, 5.74) is 1.29. The average molecular weight is 461 g/mol. The zero-order chi connectivity index (χ0) is 23.1. The van der Waals surface area contributed by atoms with Crippen LogP contribution in [0, 0.1) is 0 Å². The Balaban J connectivity index is 1.47. The molecule has 0 aromatic heterocycles. The first kappa shape index (κ1) is 26.9. The molecule has 0 saturated heterocycles. The molecular weight excluding hydrogens is 416 g/mol. The van der Waals surface area contributed by atoms with Crippen molar-refractivity contribution in [1.29, 1.82) is 0 Å². The molecule has 0 fully saturated rings. The van der Waals surface area contributed by atoms with Crippen molar-refractivity contribution in [2.45, 2.75) is 121 Å².